The van der Waals surface area contributed by atoms with Crippen molar-refractivity contribution in [2.24, 2.45) is 0 Å². The van der Waals surface area contributed by atoms with E-state index in [0.717, 1.165) is 15.8 Å². The maximum atomic E-state index is 13.4. The van der Waals surface area contributed by atoms with Crippen LogP contribution in [0.15, 0.2) is 59.6 Å². The maximum Gasteiger partial charge on any atom is 0.446 e. The summed E-state index contributed by atoms with van der Waals surface area (Å²) in [5.41, 5.74) is -3.58. The Kier molecular flexibility index (Phi) is 5.00. The predicted octanol–water partition coefficient (Wildman–Crippen LogP) is 5.36. The molecule has 10 heteroatoms. The topological polar surface area (TPSA) is 62.7 Å². The van der Waals surface area contributed by atoms with E-state index < -0.39 is 17.1 Å². The quantitative estimate of drug-likeness (QED) is 0.369. The van der Waals surface area contributed by atoms with Crippen LogP contribution in [0.3, 0.4) is 0 Å². The largest absolute Gasteiger partial charge is 0.494 e. The molecule has 1 aliphatic heterocycles. The molecule has 3 amide bonds. The third-order valence-electron chi connectivity index (χ3n) is 5.96. The van der Waals surface area contributed by atoms with Crippen LogP contribution < -0.4 is 9.64 Å². The molecule has 1 saturated carbocycles. The van der Waals surface area contributed by atoms with E-state index in [0.29, 0.717) is 24.1 Å². The molecule has 1 aliphatic carbocycles. The molecule has 1 aromatic heterocycles. The summed E-state index contributed by atoms with van der Waals surface area (Å²) in [5.74, 6) is 0.261. The third kappa shape index (κ3) is 3.68. The summed E-state index contributed by atoms with van der Waals surface area (Å²) in [6.07, 6.45) is 2.72. The van der Waals surface area contributed by atoms with Crippen LogP contribution in [0.5, 0.6) is 5.75 Å². The summed E-state index contributed by atoms with van der Waals surface area (Å²) in [6.45, 7) is 0.204. The van der Waals surface area contributed by atoms with Gasteiger partial charge in [0.25, 0.3) is 5.91 Å². The highest BCUT2D eigenvalue weighted by Gasteiger charge is 2.65. The second kappa shape index (κ2) is 7.65. The molecule has 2 aliphatic rings. The minimum Gasteiger partial charge on any atom is -0.494 e. The number of anilines is 1. The lowest BCUT2D eigenvalue weighted by Crippen LogP contribution is -2.36. The van der Waals surface area contributed by atoms with Gasteiger partial charge in [0.1, 0.15) is 16.8 Å². The van der Waals surface area contributed by atoms with Crippen LogP contribution in [0.4, 0.5) is 23.7 Å². The number of hydrogen-bond donors (Lipinski definition) is 0. The number of amides is 3. The van der Waals surface area contributed by atoms with Crippen molar-refractivity contribution in [1.82, 2.24) is 9.88 Å². The molecule has 6 nitrogen and oxygen atoms in total. The van der Waals surface area contributed by atoms with Crippen LogP contribution in [0.2, 0.25) is 0 Å². The number of carbonyl (C=O) groups excluding carboxylic acids is 2. The van der Waals surface area contributed by atoms with Crippen LogP contribution in [-0.4, -0.2) is 40.0 Å². The SMILES string of the molecule is COc1cccc2c(CN3C(=O)N(c4ccc(SC(F)(F)F)cc4)C(=O)C34CC4)ccnc12. The third-order valence-corrected chi connectivity index (χ3v) is 6.70. The number of alkyl halides is 3. The number of ether oxygens (including phenoxy) is 1. The normalized spacial score (nSPS) is 17.3. The molecule has 1 spiro atoms. The van der Waals surface area contributed by atoms with Crippen LogP contribution >= 0.6 is 11.8 Å². The van der Waals surface area contributed by atoms with E-state index in [-0.39, 0.29) is 34.8 Å². The summed E-state index contributed by atoms with van der Waals surface area (Å²) in [5, 5.41) is 0.819. The van der Waals surface area contributed by atoms with E-state index in [1.807, 2.05) is 12.1 Å². The van der Waals surface area contributed by atoms with Crippen molar-refractivity contribution in [2.75, 3.05) is 12.0 Å². The molecule has 3 aromatic rings. The zero-order chi connectivity index (χ0) is 23.4. The van der Waals surface area contributed by atoms with Gasteiger partial charge in [-0.15, -0.1) is 0 Å². The van der Waals surface area contributed by atoms with Gasteiger partial charge in [-0.25, -0.2) is 9.69 Å². The number of urea groups is 1. The highest BCUT2D eigenvalue weighted by Crippen LogP contribution is 2.50. The zero-order valence-electron chi connectivity index (χ0n) is 17.4. The van der Waals surface area contributed by atoms with E-state index in [1.165, 1.54) is 24.3 Å². The van der Waals surface area contributed by atoms with Gasteiger partial charge in [0, 0.05) is 23.0 Å². The van der Waals surface area contributed by atoms with Crippen LogP contribution in [0.25, 0.3) is 10.9 Å². The van der Waals surface area contributed by atoms with Crippen molar-refractivity contribution < 1.29 is 27.5 Å². The fourth-order valence-electron chi connectivity index (χ4n) is 4.24. The maximum absolute atomic E-state index is 13.4. The number of thioether (sulfide) groups is 1. The highest BCUT2D eigenvalue weighted by atomic mass is 32.2. The molecule has 0 N–H and O–H groups in total. The number of fused-ring (bicyclic) bond motifs is 1. The van der Waals surface area contributed by atoms with Crippen LogP contribution in [0, 0.1) is 0 Å². The predicted molar refractivity (Wildman–Crippen MR) is 117 cm³/mol. The first-order valence-electron chi connectivity index (χ1n) is 10.2. The second-order valence-electron chi connectivity index (χ2n) is 7.91. The zero-order valence-corrected chi connectivity index (χ0v) is 18.2. The number of rotatable bonds is 5. The fraction of sp³-hybridized carbons (Fsp3) is 0.261. The average molecular weight is 473 g/mol. The lowest BCUT2D eigenvalue weighted by Gasteiger charge is -2.22. The number of benzene rings is 2. The lowest BCUT2D eigenvalue weighted by molar-refractivity contribution is -0.120. The second-order valence-corrected chi connectivity index (χ2v) is 9.05. The van der Waals surface area contributed by atoms with Crippen molar-refractivity contribution in [1.29, 1.82) is 0 Å². The van der Waals surface area contributed by atoms with Crippen molar-refractivity contribution in [3.63, 3.8) is 0 Å². The Labute approximate surface area is 191 Å². The Bertz CT molecular complexity index is 1260. The fourth-order valence-corrected chi connectivity index (χ4v) is 4.78. The number of carbonyl (C=O) groups is 2. The summed E-state index contributed by atoms with van der Waals surface area (Å²) < 4.78 is 43.2. The summed E-state index contributed by atoms with van der Waals surface area (Å²) in [4.78, 5) is 33.6. The van der Waals surface area contributed by atoms with Gasteiger partial charge in [0.2, 0.25) is 0 Å². The van der Waals surface area contributed by atoms with Gasteiger partial charge in [0.15, 0.2) is 0 Å². The van der Waals surface area contributed by atoms with Crippen molar-refractivity contribution in [3.8, 4) is 5.75 Å². The summed E-state index contributed by atoms with van der Waals surface area (Å²) >= 11 is -0.243. The van der Waals surface area contributed by atoms with Gasteiger partial charge in [-0.05, 0) is 66.6 Å². The van der Waals surface area contributed by atoms with Gasteiger partial charge in [-0.1, -0.05) is 12.1 Å². The molecule has 2 heterocycles. The number of aromatic nitrogens is 1. The Balaban J connectivity index is 1.46. The van der Waals surface area contributed by atoms with E-state index >= 15 is 0 Å². The molecule has 2 fully saturated rings. The van der Waals surface area contributed by atoms with Crippen LogP contribution in [0.1, 0.15) is 18.4 Å². The molecule has 0 radical (unpaired) electrons. The standard InChI is InChI=1S/C23H18F3N3O3S/c1-32-18-4-2-3-17-14(9-12-27-19(17)18)13-28-21(31)29(20(30)22(28)10-11-22)15-5-7-16(8-6-15)33-23(24,25)26/h2-9,12H,10-11,13H2,1H3. The number of methoxy groups -OCH3 is 1. The van der Waals surface area contributed by atoms with Crippen molar-refractivity contribution in [2.45, 2.75) is 35.3 Å². The minimum absolute atomic E-state index is 0.0134. The van der Waals surface area contributed by atoms with Crippen molar-refractivity contribution in [3.05, 3.63) is 60.3 Å². The van der Waals surface area contributed by atoms with E-state index in [4.69, 9.17) is 4.74 Å². The van der Waals surface area contributed by atoms with E-state index in [2.05, 4.69) is 4.98 Å². The first kappa shape index (κ1) is 21.6. The molecule has 0 bridgehead atoms. The number of halogens is 3. The Hall–Kier alpha value is -3.27. The number of nitrogens with zero attached hydrogens (tertiary/aromatic N) is 3. The Morgan fingerprint density at radius 2 is 1.82 bits per heavy atom. The molecule has 2 aromatic carbocycles. The number of para-hydroxylation sites is 1. The first-order chi connectivity index (χ1) is 15.7. The highest BCUT2D eigenvalue weighted by molar-refractivity contribution is 8.00. The first-order valence-corrected chi connectivity index (χ1v) is 11.0. The molecule has 0 atom stereocenters. The molecule has 170 valence electrons. The monoisotopic (exact) mass is 473 g/mol. The van der Waals surface area contributed by atoms with E-state index in [9.17, 15) is 22.8 Å². The molecule has 33 heavy (non-hydrogen) atoms. The van der Waals surface area contributed by atoms with Gasteiger partial charge >= 0.3 is 11.5 Å². The van der Waals surface area contributed by atoms with E-state index in [1.54, 1.807) is 30.3 Å². The lowest BCUT2D eigenvalue weighted by atomic mass is 10.1. The molecule has 0 unspecified atom stereocenters. The molecule has 5 rings (SSSR count). The number of imide groups is 1. The van der Waals surface area contributed by atoms with Gasteiger partial charge < -0.3 is 9.64 Å². The Morgan fingerprint density at radius 1 is 1.09 bits per heavy atom. The molecule has 1 saturated heterocycles. The number of pyridine rings is 1. The molecular formula is C23H18F3N3O3S. The van der Waals surface area contributed by atoms with Gasteiger partial charge in [0.05, 0.1) is 12.8 Å². The van der Waals surface area contributed by atoms with Crippen molar-refractivity contribution >= 4 is 40.3 Å². The van der Waals surface area contributed by atoms with Gasteiger partial charge in [-0.2, -0.15) is 13.2 Å². The smallest absolute Gasteiger partial charge is 0.446 e. The summed E-state index contributed by atoms with van der Waals surface area (Å²) in [7, 11) is 1.56. The minimum atomic E-state index is -4.41. The Morgan fingerprint density at radius 3 is 2.45 bits per heavy atom. The number of hydrogen-bond acceptors (Lipinski definition) is 5. The average Bonchev–Trinajstić information content (AvgIpc) is 3.55. The summed E-state index contributed by atoms with van der Waals surface area (Å²) in [6, 6.07) is 12.1. The van der Waals surface area contributed by atoms with Crippen LogP contribution in [-0.2, 0) is 11.3 Å². The van der Waals surface area contributed by atoms with Gasteiger partial charge in [-0.3, -0.25) is 9.78 Å². The molecular weight excluding hydrogens is 455 g/mol.